The molecular weight excluding hydrogens is 262 g/mol. The molecule has 1 aliphatic rings. The van der Waals surface area contributed by atoms with Crippen LogP contribution in [-0.4, -0.2) is 35.6 Å². The Bertz CT molecular complexity index is 506. The first-order valence-electron chi connectivity index (χ1n) is 6.55. The number of nitro groups is 1. The van der Waals surface area contributed by atoms with Crippen LogP contribution in [0.4, 0.5) is 11.5 Å². The highest BCUT2D eigenvalue weighted by Gasteiger charge is 2.27. The first-order chi connectivity index (χ1) is 9.61. The minimum atomic E-state index is -0.440. The van der Waals surface area contributed by atoms with Gasteiger partial charge < -0.3 is 9.64 Å². The summed E-state index contributed by atoms with van der Waals surface area (Å²) in [7, 11) is 1.36. The van der Waals surface area contributed by atoms with Crippen LogP contribution in [0.25, 0.3) is 0 Å². The van der Waals surface area contributed by atoms with Crippen molar-refractivity contribution >= 4 is 17.5 Å². The number of piperidine rings is 1. The standard InChI is InChI=1S/C13H17N3O4/c1-20-13(17)9-10-4-2-3-7-15(10)12-8-11(16(18)19)5-6-14-12/h5-6,8,10H,2-4,7,9H2,1H3. The lowest BCUT2D eigenvalue weighted by molar-refractivity contribution is -0.384. The number of ether oxygens (including phenoxy) is 1. The van der Waals surface area contributed by atoms with Crippen LogP contribution in [0.15, 0.2) is 18.3 Å². The smallest absolute Gasteiger partial charge is 0.307 e. The van der Waals surface area contributed by atoms with Crippen LogP contribution < -0.4 is 4.90 Å². The normalized spacial score (nSPS) is 18.6. The van der Waals surface area contributed by atoms with Crippen molar-refractivity contribution in [2.45, 2.75) is 31.7 Å². The Morgan fingerprint density at radius 3 is 3.10 bits per heavy atom. The number of pyridine rings is 1. The van der Waals surface area contributed by atoms with Gasteiger partial charge in [-0.25, -0.2) is 4.98 Å². The van der Waals surface area contributed by atoms with Crippen molar-refractivity contribution in [1.29, 1.82) is 0 Å². The van der Waals surface area contributed by atoms with Crippen LogP contribution in [-0.2, 0) is 9.53 Å². The third-order valence-corrected chi connectivity index (χ3v) is 3.49. The maximum absolute atomic E-state index is 11.5. The molecule has 1 fully saturated rings. The number of carbonyl (C=O) groups is 1. The molecule has 0 amide bonds. The number of carbonyl (C=O) groups excluding carboxylic acids is 1. The minimum absolute atomic E-state index is 0.00861. The van der Waals surface area contributed by atoms with E-state index in [-0.39, 0.29) is 24.1 Å². The van der Waals surface area contributed by atoms with Gasteiger partial charge in [0.15, 0.2) is 0 Å². The van der Waals surface area contributed by atoms with E-state index in [1.807, 2.05) is 4.90 Å². The molecule has 0 aromatic carbocycles. The molecule has 7 nitrogen and oxygen atoms in total. The van der Waals surface area contributed by atoms with E-state index in [1.165, 1.54) is 25.4 Å². The summed E-state index contributed by atoms with van der Waals surface area (Å²) < 4.78 is 4.70. The Kier molecular flexibility index (Phi) is 4.49. The monoisotopic (exact) mass is 279 g/mol. The number of hydrogen-bond donors (Lipinski definition) is 0. The summed E-state index contributed by atoms with van der Waals surface area (Å²) in [5.74, 6) is 0.278. The predicted octanol–water partition coefficient (Wildman–Crippen LogP) is 1.91. The first-order valence-corrected chi connectivity index (χ1v) is 6.55. The van der Waals surface area contributed by atoms with Crippen LogP contribution in [0, 0.1) is 10.1 Å². The first kappa shape index (κ1) is 14.2. The molecule has 2 heterocycles. The van der Waals surface area contributed by atoms with Gasteiger partial charge in [0.05, 0.1) is 24.5 Å². The fraction of sp³-hybridized carbons (Fsp3) is 0.538. The van der Waals surface area contributed by atoms with Crippen molar-refractivity contribution in [2.75, 3.05) is 18.6 Å². The molecule has 20 heavy (non-hydrogen) atoms. The molecule has 0 bridgehead atoms. The summed E-state index contributed by atoms with van der Waals surface area (Å²) in [6.45, 7) is 0.746. The van der Waals surface area contributed by atoms with Gasteiger partial charge in [0, 0.05) is 24.8 Å². The topological polar surface area (TPSA) is 85.6 Å². The molecular formula is C13H17N3O4. The molecule has 2 rings (SSSR count). The number of anilines is 1. The van der Waals surface area contributed by atoms with E-state index in [1.54, 1.807) is 0 Å². The van der Waals surface area contributed by atoms with Crippen LogP contribution in [0.3, 0.4) is 0 Å². The highest BCUT2D eigenvalue weighted by atomic mass is 16.6. The second-order valence-electron chi connectivity index (χ2n) is 4.75. The average Bonchev–Trinajstić information content (AvgIpc) is 2.47. The SMILES string of the molecule is COC(=O)CC1CCCCN1c1cc([N+](=O)[O-])ccn1. The zero-order valence-corrected chi connectivity index (χ0v) is 11.3. The second kappa shape index (κ2) is 6.31. The van der Waals surface area contributed by atoms with E-state index in [2.05, 4.69) is 4.98 Å². The number of nitrogens with zero attached hydrogens (tertiary/aromatic N) is 3. The summed E-state index contributed by atoms with van der Waals surface area (Å²) in [6.07, 6.45) is 4.59. The van der Waals surface area contributed by atoms with Gasteiger partial charge in [-0.05, 0) is 19.3 Å². The zero-order chi connectivity index (χ0) is 14.5. The molecule has 0 aliphatic carbocycles. The summed E-state index contributed by atoms with van der Waals surface area (Å²) in [5, 5.41) is 10.8. The zero-order valence-electron chi connectivity index (χ0n) is 11.3. The van der Waals surface area contributed by atoms with Gasteiger partial charge in [-0.2, -0.15) is 0 Å². The van der Waals surface area contributed by atoms with Crippen molar-refractivity contribution in [3.05, 3.63) is 28.4 Å². The van der Waals surface area contributed by atoms with E-state index in [9.17, 15) is 14.9 Å². The fourth-order valence-corrected chi connectivity index (χ4v) is 2.47. The van der Waals surface area contributed by atoms with Gasteiger partial charge >= 0.3 is 5.97 Å². The Labute approximate surface area is 116 Å². The summed E-state index contributed by atoms with van der Waals surface area (Å²) >= 11 is 0. The maximum Gasteiger partial charge on any atom is 0.307 e. The highest BCUT2D eigenvalue weighted by molar-refractivity contribution is 5.70. The molecule has 1 saturated heterocycles. The molecule has 0 spiro atoms. The Morgan fingerprint density at radius 2 is 2.40 bits per heavy atom. The lowest BCUT2D eigenvalue weighted by Gasteiger charge is -2.36. The van der Waals surface area contributed by atoms with Crippen LogP contribution in [0.5, 0.6) is 0 Å². The average molecular weight is 279 g/mol. The van der Waals surface area contributed by atoms with Crippen LogP contribution in [0.2, 0.25) is 0 Å². The van der Waals surface area contributed by atoms with Crippen molar-refractivity contribution in [2.24, 2.45) is 0 Å². The van der Waals surface area contributed by atoms with Gasteiger partial charge in [-0.15, -0.1) is 0 Å². The Balaban J connectivity index is 2.20. The Morgan fingerprint density at radius 1 is 1.60 bits per heavy atom. The van der Waals surface area contributed by atoms with Crippen molar-refractivity contribution in [3.8, 4) is 0 Å². The lowest BCUT2D eigenvalue weighted by atomic mass is 9.99. The van der Waals surface area contributed by atoms with Gasteiger partial charge in [-0.3, -0.25) is 14.9 Å². The van der Waals surface area contributed by atoms with Gasteiger partial charge in [0.25, 0.3) is 5.69 Å². The van der Waals surface area contributed by atoms with E-state index >= 15 is 0 Å². The lowest BCUT2D eigenvalue weighted by Crippen LogP contribution is -2.41. The predicted molar refractivity (Wildman–Crippen MR) is 72.5 cm³/mol. The molecule has 7 heteroatoms. The Hall–Kier alpha value is -2.18. The van der Waals surface area contributed by atoms with Crippen LogP contribution in [0.1, 0.15) is 25.7 Å². The molecule has 0 radical (unpaired) electrons. The summed E-state index contributed by atoms with van der Waals surface area (Å²) in [4.78, 5) is 28.0. The van der Waals surface area contributed by atoms with E-state index in [4.69, 9.17) is 4.74 Å². The van der Waals surface area contributed by atoms with Crippen molar-refractivity contribution in [3.63, 3.8) is 0 Å². The van der Waals surface area contributed by atoms with Crippen molar-refractivity contribution in [1.82, 2.24) is 4.98 Å². The third kappa shape index (κ3) is 3.23. The van der Waals surface area contributed by atoms with Gasteiger partial charge in [-0.1, -0.05) is 0 Å². The molecule has 108 valence electrons. The second-order valence-corrected chi connectivity index (χ2v) is 4.75. The molecule has 1 aromatic heterocycles. The van der Waals surface area contributed by atoms with Gasteiger partial charge in [0.2, 0.25) is 0 Å². The molecule has 1 unspecified atom stereocenters. The van der Waals surface area contributed by atoms with E-state index in [0.29, 0.717) is 5.82 Å². The molecule has 0 N–H and O–H groups in total. The molecule has 0 saturated carbocycles. The molecule has 1 atom stereocenters. The number of methoxy groups -OCH3 is 1. The fourth-order valence-electron chi connectivity index (χ4n) is 2.47. The van der Waals surface area contributed by atoms with Crippen molar-refractivity contribution < 1.29 is 14.5 Å². The number of rotatable bonds is 4. The minimum Gasteiger partial charge on any atom is -0.469 e. The number of hydrogen-bond acceptors (Lipinski definition) is 6. The molecule has 1 aliphatic heterocycles. The third-order valence-electron chi connectivity index (χ3n) is 3.49. The van der Waals surface area contributed by atoms with Crippen LogP contribution >= 0.6 is 0 Å². The molecule has 1 aromatic rings. The van der Waals surface area contributed by atoms with Gasteiger partial charge in [0.1, 0.15) is 5.82 Å². The number of esters is 1. The summed E-state index contributed by atoms with van der Waals surface area (Å²) in [6, 6.07) is 2.81. The maximum atomic E-state index is 11.5. The quantitative estimate of drug-likeness (QED) is 0.475. The highest BCUT2D eigenvalue weighted by Crippen LogP contribution is 2.27. The number of aromatic nitrogens is 1. The summed E-state index contributed by atoms with van der Waals surface area (Å²) in [5.41, 5.74) is 0.0115. The van der Waals surface area contributed by atoms with E-state index < -0.39 is 4.92 Å². The largest absolute Gasteiger partial charge is 0.469 e. The van der Waals surface area contributed by atoms with E-state index in [0.717, 1.165) is 25.8 Å².